The van der Waals surface area contributed by atoms with E-state index < -0.39 is 23.7 Å². The van der Waals surface area contributed by atoms with E-state index in [1.807, 2.05) is 11.0 Å². The highest BCUT2D eigenvalue weighted by Gasteiger charge is 2.34. The number of allylic oxidation sites excluding steroid dienone is 1. The van der Waals surface area contributed by atoms with Crippen molar-refractivity contribution < 1.29 is 37.8 Å². The van der Waals surface area contributed by atoms with Crippen molar-refractivity contribution in [3.63, 3.8) is 0 Å². The third kappa shape index (κ3) is 10.3. The molecule has 0 saturated carbocycles. The van der Waals surface area contributed by atoms with E-state index in [-0.39, 0.29) is 34.8 Å². The Morgan fingerprint density at radius 2 is 1.86 bits per heavy atom. The van der Waals surface area contributed by atoms with Crippen LogP contribution >= 0.6 is 23.4 Å². The van der Waals surface area contributed by atoms with E-state index in [0.29, 0.717) is 31.1 Å². The molecule has 2 heterocycles. The smallest absolute Gasteiger partial charge is 0.416 e. The third-order valence-electron chi connectivity index (χ3n) is 5.15. The molecule has 1 aromatic rings. The number of carboxylic acid groups (broad SMARTS) is 2. The summed E-state index contributed by atoms with van der Waals surface area (Å²) in [4.78, 5) is 37.4. The fourth-order valence-corrected chi connectivity index (χ4v) is 4.48. The molecule has 198 valence electrons. The summed E-state index contributed by atoms with van der Waals surface area (Å²) in [6, 6.07) is 3.91. The number of hydrogen-bond donors (Lipinski definition) is 3. The van der Waals surface area contributed by atoms with Crippen LogP contribution in [-0.2, 0) is 22.3 Å². The quantitative estimate of drug-likeness (QED) is 0.341. The summed E-state index contributed by atoms with van der Waals surface area (Å²) < 4.78 is 39.9. The van der Waals surface area contributed by atoms with Crippen LogP contribution in [0.25, 0.3) is 0 Å². The molecule has 13 heteroatoms. The number of benzene rings is 1. The van der Waals surface area contributed by atoms with Crippen molar-refractivity contribution in [3.8, 4) is 12.3 Å². The second-order valence-corrected chi connectivity index (χ2v) is 9.27. The Labute approximate surface area is 220 Å². The van der Waals surface area contributed by atoms with Gasteiger partial charge in [0.2, 0.25) is 0 Å². The first kappa shape index (κ1) is 30.0. The van der Waals surface area contributed by atoms with Gasteiger partial charge in [0.25, 0.3) is 0 Å². The second kappa shape index (κ2) is 13.9. The molecular weight excluding hydrogens is 535 g/mol. The molecule has 3 rings (SSSR count). The second-order valence-electron chi connectivity index (χ2n) is 7.84. The molecule has 1 fully saturated rings. The van der Waals surface area contributed by atoms with Crippen molar-refractivity contribution in [1.82, 2.24) is 10.2 Å². The first-order valence-electron chi connectivity index (χ1n) is 10.8. The largest absolute Gasteiger partial charge is 0.478 e. The number of carboxylic acids is 2. The van der Waals surface area contributed by atoms with Crippen molar-refractivity contribution in [2.75, 3.05) is 19.6 Å². The summed E-state index contributed by atoms with van der Waals surface area (Å²) in [5, 5.41) is 18.4. The standard InChI is InChI=1S/C20H19ClF3N3OS.C4H4O4/c1-2-7-25-18-17(29-19(28)26-18)10-13-5-8-27(9-6-13)12-14-3-4-15(21)11-16(14)20(22,23)24;5-3(6)1-2-4(7)8/h1,3-4,10-11,13H,5-9,12H2,(H,25,26,28);1-2H,(H,5,6)(H,7,8). The molecule has 3 N–H and O–H groups in total. The molecule has 0 aliphatic carbocycles. The highest BCUT2D eigenvalue weighted by atomic mass is 35.5. The van der Waals surface area contributed by atoms with Crippen LogP contribution in [0.15, 0.2) is 46.3 Å². The molecule has 0 spiro atoms. The van der Waals surface area contributed by atoms with E-state index in [4.69, 9.17) is 28.2 Å². The summed E-state index contributed by atoms with van der Waals surface area (Å²) >= 11 is 6.81. The van der Waals surface area contributed by atoms with Crippen molar-refractivity contribution in [2.45, 2.75) is 25.6 Å². The number of terminal acetylenes is 1. The Morgan fingerprint density at radius 1 is 1.24 bits per heavy atom. The number of carbonyl (C=O) groups excluding carboxylic acids is 1. The van der Waals surface area contributed by atoms with Crippen LogP contribution < -0.4 is 5.32 Å². The van der Waals surface area contributed by atoms with Gasteiger partial charge in [-0.15, -0.1) is 6.42 Å². The van der Waals surface area contributed by atoms with Gasteiger partial charge in [0, 0.05) is 23.7 Å². The van der Waals surface area contributed by atoms with Crippen LogP contribution in [0.3, 0.4) is 0 Å². The Morgan fingerprint density at radius 3 is 2.41 bits per heavy atom. The van der Waals surface area contributed by atoms with E-state index in [1.54, 1.807) is 0 Å². The molecule has 1 aromatic carbocycles. The van der Waals surface area contributed by atoms with E-state index in [2.05, 4.69) is 16.2 Å². The molecule has 0 unspecified atom stereocenters. The number of piperidine rings is 1. The molecular formula is C24H23ClF3N3O5S. The maximum Gasteiger partial charge on any atom is 0.416 e. The Bertz CT molecular complexity index is 1140. The van der Waals surface area contributed by atoms with Gasteiger partial charge in [0.05, 0.1) is 17.0 Å². The van der Waals surface area contributed by atoms with Crippen molar-refractivity contribution >= 4 is 46.4 Å². The van der Waals surface area contributed by atoms with Gasteiger partial charge in [-0.3, -0.25) is 9.69 Å². The maximum atomic E-state index is 13.3. The Kier molecular flexibility index (Phi) is 11.2. The van der Waals surface area contributed by atoms with Gasteiger partial charge in [-0.25, -0.2) is 9.59 Å². The number of carbonyl (C=O) groups is 3. The lowest BCUT2D eigenvalue weighted by molar-refractivity contribution is -0.138. The fourth-order valence-electron chi connectivity index (χ4n) is 3.51. The number of thioether (sulfide) groups is 1. The summed E-state index contributed by atoms with van der Waals surface area (Å²) in [5.74, 6) is 0.656. The SMILES string of the molecule is C#CCNC1=NC(=O)SC1=CC1CCN(Cc2ccc(Cl)cc2C(F)(F)F)CC1.O=C(O)C=CC(=O)O. The number of halogens is 4. The molecule has 0 atom stereocenters. The Hall–Kier alpha value is -3.27. The molecule has 2 aliphatic rings. The van der Waals surface area contributed by atoms with E-state index >= 15 is 0 Å². The number of aliphatic imine (C=N–C) groups is 1. The van der Waals surface area contributed by atoms with Crippen LogP contribution in [0, 0.1) is 18.3 Å². The van der Waals surface area contributed by atoms with Crippen LogP contribution in [0.4, 0.5) is 18.0 Å². The molecule has 8 nitrogen and oxygen atoms in total. The van der Waals surface area contributed by atoms with Crippen LogP contribution in [0.2, 0.25) is 5.02 Å². The fraction of sp³-hybridized carbons (Fsp3) is 0.333. The van der Waals surface area contributed by atoms with Gasteiger partial charge in [0.1, 0.15) is 5.84 Å². The monoisotopic (exact) mass is 557 g/mol. The lowest BCUT2D eigenvalue weighted by Crippen LogP contribution is -2.33. The number of aliphatic carboxylic acids is 2. The molecule has 1 amide bonds. The third-order valence-corrected chi connectivity index (χ3v) is 6.20. The zero-order valence-electron chi connectivity index (χ0n) is 19.3. The number of hydrogen-bond acceptors (Lipinski definition) is 6. The number of alkyl halides is 3. The number of rotatable bonds is 6. The molecule has 0 bridgehead atoms. The average molecular weight is 558 g/mol. The first-order valence-corrected chi connectivity index (χ1v) is 12.0. The zero-order valence-corrected chi connectivity index (χ0v) is 20.9. The summed E-state index contributed by atoms with van der Waals surface area (Å²) in [6.45, 7) is 1.83. The van der Waals surface area contributed by atoms with Gasteiger partial charge < -0.3 is 15.5 Å². The minimum absolute atomic E-state index is 0.0749. The molecule has 0 aromatic heterocycles. The van der Waals surface area contributed by atoms with E-state index in [0.717, 1.165) is 35.6 Å². The summed E-state index contributed by atoms with van der Waals surface area (Å²) in [5.41, 5.74) is -0.459. The predicted molar refractivity (Wildman–Crippen MR) is 134 cm³/mol. The van der Waals surface area contributed by atoms with Gasteiger partial charge >= 0.3 is 23.4 Å². The number of amidine groups is 1. The highest BCUT2D eigenvalue weighted by molar-refractivity contribution is 8.18. The van der Waals surface area contributed by atoms with Gasteiger partial charge in [-0.1, -0.05) is 29.7 Å². The molecule has 2 aliphatic heterocycles. The minimum atomic E-state index is -4.43. The van der Waals surface area contributed by atoms with Crippen LogP contribution in [0.1, 0.15) is 24.0 Å². The molecule has 1 saturated heterocycles. The van der Waals surface area contributed by atoms with E-state index in [1.165, 1.54) is 12.1 Å². The topological polar surface area (TPSA) is 119 Å². The maximum absolute atomic E-state index is 13.3. The molecule has 37 heavy (non-hydrogen) atoms. The van der Waals surface area contributed by atoms with Crippen molar-refractivity contribution in [3.05, 3.63) is 57.5 Å². The normalized spacial score (nSPS) is 17.8. The van der Waals surface area contributed by atoms with Crippen LogP contribution in [0.5, 0.6) is 0 Å². The van der Waals surface area contributed by atoms with Crippen molar-refractivity contribution in [2.24, 2.45) is 10.9 Å². The van der Waals surface area contributed by atoms with Crippen LogP contribution in [-0.4, -0.2) is 57.8 Å². The highest BCUT2D eigenvalue weighted by Crippen LogP contribution is 2.35. The Balaban J connectivity index is 0.000000521. The lowest BCUT2D eigenvalue weighted by atomic mass is 9.95. The average Bonchev–Trinajstić information content (AvgIpc) is 3.17. The number of nitrogens with zero attached hydrogens (tertiary/aromatic N) is 2. The zero-order chi connectivity index (χ0) is 27.6. The summed E-state index contributed by atoms with van der Waals surface area (Å²) in [6.07, 6.45) is 5.50. The molecule has 0 radical (unpaired) electrons. The number of likely N-dealkylation sites (tertiary alicyclic amines) is 1. The van der Waals surface area contributed by atoms with Gasteiger partial charge in [-0.2, -0.15) is 18.2 Å². The van der Waals surface area contributed by atoms with Gasteiger partial charge in [0.15, 0.2) is 0 Å². The number of amides is 1. The lowest BCUT2D eigenvalue weighted by Gasteiger charge is -2.31. The van der Waals surface area contributed by atoms with E-state index in [9.17, 15) is 27.6 Å². The predicted octanol–water partition coefficient (Wildman–Crippen LogP) is 4.65. The van der Waals surface area contributed by atoms with Crippen molar-refractivity contribution in [1.29, 1.82) is 0 Å². The summed E-state index contributed by atoms with van der Waals surface area (Å²) in [7, 11) is 0. The number of nitrogens with one attached hydrogen (secondary N) is 1. The first-order chi connectivity index (χ1) is 17.4. The minimum Gasteiger partial charge on any atom is -0.478 e. The van der Waals surface area contributed by atoms with Gasteiger partial charge in [-0.05, 0) is 61.3 Å².